The highest BCUT2D eigenvalue weighted by molar-refractivity contribution is 6.11. The van der Waals surface area contributed by atoms with Gasteiger partial charge in [-0.25, -0.2) is 0 Å². The lowest BCUT2D eigenvalue weighted by Gasteiger charge is -2.35. The van der Waals surface area contributed by atoms with E-state index in [9.17, 15) is 0 Å². The summed E-state index contributed by atoms with van der Waals surface area (Å²) in [6.45, 7) is 0. The second-order valence-corrected chi connectivity index (χ2v) is 20.8. The van der Waals surface area contributed by atoms with Crippen LogP contribution >= 0.6 is 0 Å². The monoisotopic (exact) mass is 1000 g/mol. The van der Waals surface area contributed by atoms with E-state index in [-0.39, 0.29) is 0 Å². The molecule has 13 aromatic carbocycles. The van der Waals surface area contributed by atoms with E-state index in [1.165, 1.54) is 105 Å². The van der Waals surface area contributed by atoms with Gasteiger partial charge in [0.2, 0.25) is 0 Å². The maximum Gasteiger partial charge on any atom is 0.0714 e. The summed E-state index contributed by atoms with van der Waals surface area (Å²) in [5.41, 5.74) is 23.3. The van der Waals surface area contributed by atoms with Gasteiger partial charge in [0, 0.05) is 33.2 Å². The number of anilines is 3. The molecule has 0 bridgehead atoms. The van der Waals surface area contributed by atoms with Crippen molar-refractivity contribution in [2.24, 2.45) is 0 Å². The molecule has 0 amide bonds. The zero-order chi connectivity index (χ0) is 52.3. The van der Waals surface area contributed by atoms with Crippen molar-refractivity contribution in [1.82, 2.24) is 4.57 Å². The third-order valence-corrected chi connectivity index (χ3v) is 16.5. The first kappa shape index (κ1) is 46.1. The van der Waals surface area contributed by atoms with Crippen LogP contribution in [-0.4, -0.2) is 4.57 Å². The van der Waals surface area contributed by atoms with Gasteiger partial charge in [-0.3, -0.25) is 0 Å². The first-order valence-electron chi connectivity index (χ1n) is 27.3. The molecule has 1 aromatic heterocycles. The fourth-order valence-corrected chi connectivity index (χ4v) is 12.9. The van der Waals surface area contributed by atoms with E-state index in [1.54, 1.807) is 0 Å². The van der Waals surface area contributed by atoms with Crippen LogP contribution in [0.4, 0.5) is 17.1 Å². The topological polar surface area (TPSA) is 8.17 Å². The highest BCUT2D eigenvalue weighted by Crippen LogP contribution is 2.57. The molecule has 0 N–H and O–H groups in total. The van der Waals surface area contributed by atoms with Crippen molar-refractivity contribution in [3.05, 3.63) is 338 Å². The van der Waals surface area contributed by atoms with Crippen LogP contribution in [0.25, 0.3) is 93.9 Å². The molecule has 15 rings (SSSR count). The second kappa shape index (κ2) is 19.1. The Labute approximate surface area is 461 Å². The van der Waals surface area contributed by atoms with E-state index >= 15 is 0 Å². The summed E-state index contributed by atoms with van der Waals surface area (Å²) in [6.07, 6.45) is 0. The Balaban J connectivity index is 0.850. The summed E-state index contributed by atoms with van der Waals surface area (Å²) in [5.74, 6) is 0. The quantitative estimate of drug-likeness (QED) is 0.133. The van der Waals surface area contributed by atoms with E-state index in [0.717, 1.165) is 28.3 Å². The number of hydrogen-bond acceptors (Lipinski definition) is 1. The third-order valence-electron chi connectivity index (χ3n) is 16.5. The Bertz CT molecular complexity index is 4550. The van der Waals surface area contributed by atoms with E-state index in [1.807, 2.05) is 0 Å². The van der Waals surface area contributed by atoms with Crippen LogP contribution in [0.3, 0.4) is 0 Å². The molecule has 1 aliphatic carbocycles. The Morgan fingerprint density at radius 3 is 1.54 bits per heavy atom. The maximum absolute atomic E-state index is 2.47. The molecule has 2 nitrogen and oxygen atoms in total. The second-order valence-electron chi connectivity index (χ2n) is 20.8. The van der Waals surface area contributed by atoms with Crippen molar-refractivity contribution in [2.45, 2.75) is 5.41 Å². The van der Waals surface area contributed by atoms with Crippen molar-refractivity contribution in [3.63, 3.8) is 0 Å². The fourth-order valence-electron chi connectivity index (χ4n) is 12.9. The van der Waals surface area contributed by atoms with Crippen LogP contribution < -0.4 is 4.90 Å². The lowest BCUT2D eigenvalue weighted by molar-refractivity contribution is 0.768. The fraction of sp³-hybridized carbons (Fsp3) is 0.0130. The third kappa shape index (κ3) is 7.64. The van der Waals surface area contributed by atoms with Crippen LogP contribution in [0.5, 0.6) is 0 Å². The molecule has 0 atom stereocenters. The van der Waals surface area contributed by atoms with Gasteiger partial charge in [0.25, 0.3) is 0 Å². The molecular formula is C77H52N2. The first-order valence-corrected chi connectivity index (χ1v) is 27.3. The molecule has 0 saturated carbocycles. The number of benzene rings is 13. The Morgan fingerprint density at radius 1 is 0.266 bits per heavy atom. The van der Waals surface area contributed by atoms with Gasteiger partial charge in [-0.2, -0.15) is 0 Å². The van der Waals surface area contributed by atoms with E-state index < -0.39 is 5.41 Å². The maximum atomic E-state index is 2.47. The predicted molar refractivity (Wildman–Crippen MR) is 332 cm³/mol. The zero-order valence-electron chi connectivity index (χ0n) is 43.4. The van der Waals surface area contributed by atoms with Gasteiger partial charge in [-0.05, 0) is 144 Å². The number of para-hydroxylation sites is 1. The molecule has 79 heavy (non-hydrogen) atoms. The van der Waals surface area contributed by atoms with Crippen LogP contribution in [-0.2, 0) is 5.41 Å². The number of fused-ring (bicyclic) bond motifs is 7. The lowest BCUT2D eigenvalue weighted by atomic mass is 9.67. The van der Waals surface area contributed by atoms with E-state index in [4.69, 9.17) is 0 Å². The minimum absolute atomic E-state index is 0.529. The normalized spacial score (nSPS) is 12.4. The van der Waals surface area contributed by atoms with Gasteiger partial charge in [0.05, 0.1) is 22.1 Å². The largest absolute Gasteiger partial charge is 0.310 e. The molecule has 0 saturated heterocycles. The standard InChI is InChI=1S/C77H52N2/c1-4-21-53(22-5-1)56-25-18-26-57(49-56)58-27-19-32-63(50-58)79-75-39-17-15-37-70(75)71-47-43-59(51-76(71)79)66-34-13-12-33-65(66)55-41-44-62(45-42-55)78(74-40-20-24-54-23-10-11-35-67(54)74)64-46-48-69-68-36-14-16-38-72(68)77(73(69)52-64,60-28-6-2-7-29-60)61-30-8-3-9-31-61/h1-52H. The Morgan fingerprint density at radius 2 is 0.785 bits per heavy atom. The zero-order valence-corrected chi connectivity index (χ0v) is 43.4. The van der Waals surface area contributed by atoms with Gasteiger partial charge in [0.15, 0.2) is 0 Å². The average molecular weight is 1010 g/mol. The molecular weight excluding hydrogens is 953 g/mol. The van der Waals surface area contributed by atoms with Gasteiger partial charge in [0.1, 0.15) is 0 Å². The van der Waals surface area contributed by atoms with Gasteiger partial charge in [-0.1, -0.05) is 255 Å². The molecule has 14 aromatic rings. The molecule has 2 heteroatoms. The molecule has 1 heterocycles. The summed E-state index contributed by atoms with van der Waals surface area (Å²) in [4.78, 5) is 2.46. The van der Waals surface area contributed by atoms with Crippen molar-refractivity contribution in [2.75, 3.05) is 4.90 Å². The summed E-state index contributed by atoms with van der Waals surface area (Å²) in [5, 5.41) is 4.85. The van der Waals surface area contributed by atoms with Crippen molar-refractivity contribution in [3.8, 4) is 61.3 Å². The summed E-state index contributed by atoms with van der Waals surface area (Å²) < 4.78 is 2.44. The average Bonchev–Trinajstić information content (AvgIpc) is 4.04. The Kier molecular flexibility index (Phi) is 11.1. The number of rotatable bonds is 10. The van der Waals surface area contributed by atoms with Crippen LogP contribution in [0.15, 0.2) is 315 Å². The summed E-state index contributed by atoms with van der Waals surface area (Å²) in [6, 6.07) is 116. The van der Waals surface area contributed by atoms with Crippen LogP contribution in [0.1, 0.15) is 22.3 Å². The van der Waals surface area contributed by atoms with E-state index in [0.29, 0.717) is 0 Å². The van der Waals surface area contributed by atoms with Crippen molar-refractivity contribution >= 4 is 49.6 Å². The molecule has 370 valence electrons. The highest BCUT2D eigenvalue weighted by atomic mass is 15.1. The molecule has 1 aliphatic rings. The Hall–Kier alpha value is -10.3. The van der Waals surface area contributed by atoms with Gasteiger partial charge in [-0.15, -0.1) is 0 Å². The molecule has 0 aliphatic heterocycles. The van der Waals surface area contributed by atoms with Crippen LogP contribution in [0, 0.1) is 0 Å². The first-order chi connectivity index (χ1) is 39.2. The summed E-state index contributed by atoms with van der Waals surface area (Å²) in [7, 11) is 0. The van der Waals surface area contributed by atoms with Gasteiger partial charge < -0.3 is 9.47 Å². The molecule has 0 spiro atoms. The number of nitrogens with zero attached hydrogens (tertiary/aromatic N) is 2. The highest BCUT2D eigenvalue weighted by Gasteiger charge is 2.46. The van der Waals surface area contributed by atoms with Crippen LogP contribution in [0.2, 0.25) is 0 Å². The smallest absolute Gasteiger partial charge is 0.0714 e. The summed E-state index contributed by atoms with van der Waals surface area (Å²) >= 11 is 0. The lowest BCUT2D eigenvalue weighted by Crippen LogP contribution is -2.28. The minimum Gasteiger partial charge on any atom is -0.310 e. The van der Waals surface area contributed by atoms with E-state index in [2.05, 4.69) is 325 Å². The molecule has 0 fully saturated rings. The number of hydrogen-bond donors (Lipinski definition) is 0. The molecule has 0 radical (unpaired) electrons. The van der Waals surface area contributed by atoms with Crippen molar-refractivity contribution in [1.29, 1.82) is 0 Å². The van der Waals surface area contributed by atoms with Crippen molar-refractivity contribution < 1.29 is 0 Å². The SMILES string of the molecule is c1ccc(-c2cccc(-c3cccc(-n4c5ccccc5c5ccc(-c6ccccc6-c6ccc(N(c7ccc8c(c7)C(c7ccccc7)(c7ccccc7)c7ccccc7-8)c7cccc8ccccc78)cc6)cc54)c3)c2)cc1. The van der Waals surface area contributed by atoms with Gasteiger partial charge >= 0.3 is 0 Å². The number of aromatic nitrogens is 1. The minimum atomic E-state index is -0.529. The molecule has 0 unspecified atom stereocenters. The predicted octanol–water partition coefficient (Wildman–Crippen LogP) is 20.4.